The monoisotopic (exact) mass is 268 g/mol. The highest BCUT2D eigenvalue weighted by molar-refractivity contribution is 5.78. The Balaban J connectivity index is 1.70. The Morgan fingerprint density at radius 1 is 1.30 bits per heavy atom. The number of fused-ring (bicyclic) bond motifs is 1. The lowest BCUT2D eigenvalue weighted by atomic mass is 10.2. The van der Waals surface area contributed by atoms with Crippen LogP contribution in [0.2, 0.25) is 0 Å². The molecule has 0 amide bonds. The van der Waals surface area contributed by atoms with Crippen LogP contribution in [0.3, 0.4) is 0 Å². The molecule has 6 heteroatoms. The summed E-state index contributed by atoms with van der Waals surface area (Å²) < 4.78 is 1.81. The fraction of sp³-hybridized carbons (Fsp3) is 0.286. The van der Waals surface area contributed by atoms with E-state index in [-0.39, 0.29) is 0 Å². The minimum absolute atomic E-state index is 0.692. The summed E-state index contributed by atoms with van der Waals surface area (Å²) in [5, 5.41) is 16.7. The third-order valence-electron chi connectivity index (χ3n) is 3.18. The normalized spacial score (nSPS) is 11.1. The molecule has 0 saturated carbocycles. The Hall–Kier alpha value is -2.34. The Kier molecular flexibility index (Phi) is 3.39. The largest absolute Gasteiger partial charge is 0.307 e. The van der Waals surface area contributed by atoms with Crippen LogP contribution in [0.1, 0.15) is 17.0 Å². The predicted octanol–water partition coefficient (Wildman–Crippen LogP) is 1.36. The molecule has 0 unspecified atom stereocenters. The van der Waals surface area contributed by atoms with Gasteiger partial charge in [0.15, 0.2) is 5.65 Å². The van der Waals surface area contributed by atoms with Crippen molar-refractivity contribution in [2.45, 2.75) is 20.0 Å². The van der Waals surface area contributed by atoms with E-state index >= 15 is 0 Å². The highest BCUT2D eigenvalue weighted by atomic mass is 15.3. The van der Waals surface area contributed by atoms with E-state index in [1.165, 1.54) is 0 Å². The van der Waals surface area contributed by atoms with Crippen molar-refractivity contribution in [1.82, 2.24) is 30.3 Å². The summed E-state index contributed by atoms with van der Waals surface area (Å²) >= 11 is 0. The summed E-state index contributed by atoms with van der Waals surface area (Å²) in [5.74, 6) is 0. The van der Waals surface area contributed by atoms with Gasteiger partial charge in [-0.25, -0.2) is 4.98 Å². The molecule has 0 aliphatic heterocycles. The molecule has 0 aliphatic rings. The van der Waals surface area contributed by atoms with Gasteiger partial charge < -0.3 is 5.32 Å². The number of nitrogens with zero attached hydrogens (tertiary/aromatic N) is 5. The first-order valence-electron chi connectivity index (χ1n) is 6.49. The first-order valence-corrected chi connectivity index (χ1v) is 6.49. The number of hydrogen-bond donors (Lipinski definition) is 1. The highest BCUT2D eigenvalue weighted by Gasteiger charge is 2.06. The van der Waals surface area contributed by atoms with E-state index in [1.54, 1.807) is 10.9 Å². The lowest BCUT2D eigenvalue weighted by Crippen LogP contribution is -2.14. The molecular formula is C14H16N6. The van der Waals surface area contributed by atoms with Gasteiger partial charge in [0, 0.05) is 37.9 Å². The molecule has 0 saturated heterocycles. The fourth-order valence-corrected chi connectivity index (χ4v) is 2.21. The molecule has 0 aromatic carbocycles. The van der Waals surface area contributed by atoms with E-state index in [2.05, 4.69) is 31.7 Å². The van der Waals surface area contributed by atoms with E-state index < -0.39 is 0 Å². The molecule has 3 rings (SSSR count). The van der Waals surface area contributed by atoms with Crippen LogP contribution >= 0.6 is 0 Å². The molecule has 0 bridgehead atoms. The summed E-state index contributed by atoms with van der Waals surface area (Å²) in [7, 11) is 1.91. The molecule has 0 fully saturated rings. The highest BCUT2D eigenvalue weighted by Crippen LogP contribution is 2.16. The fourth-order valence-electron chi connectivity index (χ4n) is 2.21. The third-order valence-corrected chi connectivity index (χ3v) is 3.18. The maximum Gasteiger partial charge on any atom is 0.157 e. The quantitative estimate of drug-likeness (QED) is 0.773. The summed E-state index contributed by atoms with van der Waals surface area (Å²) in [5.41, 5.74) is 3.99. The smallest absolute Gasteiger partial charge is 0.157 e. The maximum absolute atomic E-state index is 4.46. The Bertz CT molecular complexity index is 719. The second kappa shape index (κ2) is 5.34. The average Bonchev–Trinajstić information content (AvgIpc) is 2.75. The van der Waals surface area contributed by atoms with Crippen LogP contribution in [0, 0.1) is 6.92 Å². The predicted molar refractivity (Wildman–Crippen MR) is 75.8 cm³/mol. The Morgan fingerprint density at radius 2 is 2.20 bits per heavy atom. The van der Waals surface area contributed by atoms with Gasteiger partial charge in [0.25, 0.3) is 0 Å². The van der Waals surface area contributed by atoms with E-state index in [0.29, 0.717) is 6.54 Å². The summed E-state index contributed by atoms with van der Waals surface area (Å²) in [6.45, 7) is 3.44. The molecule has 20 heavy (non-hydrogen) atoms. The van der Waals surface area contributed by atoms with Crippen LogP contribution < -0.4 is 5.32 Å². The van der Waals surface area contributed by atoms with Gasteiger partial charge >= 0.3 is 0 Å². The molecule has 1 N–H and O–H groups in total. The van der Waals surface area contributed by atoms with Crippen LogP contribution in [0.5, 0.6) is 0 Å². The van der Waals surface area contributed by atoms with Crippen molar-refractivity contribution >= 4 is 11.0 Å². The number of aryl methyl sites for hydroxylation is 2. The summed E-state index contributed by atoms with van der Waals surface area (Å²) in [6.07, 6.45) is 3.56. The Labute approximate surface area is 116 Å². The number of pyridine rings is 1. The van der Waals surface area contributed by atoms with Crippen LogP contribution in [0.15, 0.2) is 30.6 Å². The van der Waals surface area contributed by atoms with Crippen LogP contribution in [0.25, 0.3) is 11.0 Å². The van der Waals surface area contributed by atoms with Crippen LogP contribution in [0.4, 0.5) is 0 Å². The Morgan fingerprint density at radius 3 is 3.00 bits per heavy atom. The first-order chi connectivity index (χ1) is 9.74. The molecule has 102 valence electrons. The standard InChI is InChI=1S/C14H16N6/c1-10-13-6-11(8-16-14(13)20(2)19-10)7-15-9-12-4-3-5-17-18-12/h3-6,8,15H,7,9H2,1-2H3. The zero-order chi connectivity index (χ0) is 13.9. The summed E-state index contributed by atoms with van der Waals surface area (Å²) in [4.78, 5) is 4.46. The lowest BCUT2D eigenvalue weighted by Gasteiger charge is -2.04. The van der Waals surface area contributed by atoms with Gasteiger partial charge in [0.05, 0.1) is 11.4 Å². The zero-order valence-corrected chi connectivity index (χ0v) is 11.5. The minimum Gasteiger partial charge on any atom is -0.307 e. The van der Waals surface area contributed by atoms with Crippen molar-refractivity contribution < 1.29 is 0 Å². The average molecular weight is 268 g/mol. The van der Waals surface area contributed by atoms with Crippen molar-refractivity contribution in [3.8, 4) is 0 Å². The second-order valence-electron chi connectivity index (χ2n) is 4.74. The van der Waals surface area contributed by atoms with Gasteiger partial charge in [0.1, 0.15) is 0 Å². The van der Waals surface area contributed by atoms with Crippen molar-refractivity contribution in [2.75, 3.05) is 0 Å². The minimum atomic E-state index is 0.692. The van der Waals surface area contributed by atoms with Gasteiger partial charge in [-0.15, -0.1) is 0 Å². The molecule has 0 atom stereocenters. The van der Waals surface area contributed by atoms with Crippen molar-refractivity contribution in [3.63, 3.8) is 0 Å². The van der Waals surface area contributed by atoms with E-state index in [0.717, 1.165) is 34.5 Å². The molecule has 3 heterocycles. The number of hydrogen-bond acceptors (Lipinski definition) is 5. The van der Waals surface area contributed by atoms with E-state index in [4.69, 9.17) is 0 Å². The molecule has 6 nitrogen and oxygen atoms in total. The second-order valence-corrected chi connectivity index (χ2v) is 4.74. The van der Waals surface area contributed by atoms with E-state index in [1.807, 2.05) is 32.3 Å². The molecular weight excluding hydrogens is 252 g/mol. The summed E-state index contributed by atoms with van der Waals surface area (Å²) in [6, 6.07) is 5.97. The zero-order valence-electron chi connectivity index (χ0n) is 11.5. The van der Waals surface area contributed by atoms with E-state index in [9.17, 15) is 0 Å². The van der Waals surface area contributed by atoms with Gasteiger partial charge in [0.2, 0.25) is 0 Å². The topological polar surface area (TPSA) is 68.5 Å². The van der Waals surface area contributed by atoms with Crippen LogP contribution in [-0.4, -0.2) is 25.0 Å². The third kappa shape index (κ3) is 2.50. The van der Waals surface area contributed by atoms with Crippen LogP contribution in [-0.2, 0) is 20.1 Å². The van der Waals surface area contributed by atoms with Gasteiger partial charge in [-0.05, 0) is 30.7 Å². The molecule has 3 aromatic rings. The lowest BCUT2D eigenvalue weighted by molar-refractivity contribution is 0.669. The van der Waals surface area contributed by atoms with Crippen molar-refractivity contribution in [3.05, 3.63) is 47.5 Å². The molecule has 0 aliphatic carbocycles. The van der Waals surface area contributed by atoms with Crippen molar-refractivity contribution in [2.24, 2.45) is 7.05 Å². The number of nitrogens with one attached hydrogen (secondary N) is 1. The maximum atomic E-state index is 4.46. The van der Waals surface area contributed by atoms with Gasteiger partial charge in [-0.1, -0.05) is 0 Å². The molecule has 0 radical (unpaired) electrons. The molecule has 3 aromatic heterocycles. The van der Waals surface area contributed by atoms with Gasteiger partial charge in [-0.2, -0.15) is 15.3 Å². The number of aromatic nitrogens is 5. The van der Waals surface area contributed by atoms with Crippen molar-refractivity contribution in [1.29, 1.82) is 0 Å². The van der Waals surface area contributed by atoms with Gasteiger partial charge in [-0.3, -0.25) is 4.68 Å². The SMILES string of the molecule is Cc1nn(C)c2ncc(CNCc3cccnn3)cc12. The first kappa shape index (κ1) is 12.7. The molecule has 0 spiro atoms. The number of rotatable bonds is 4.